The Kier molecular flexibility index (Phi) is 7.28. The van der Waals surface area contributed by atoms with Gasteiger partial charge in [-0.05, 0) is 61.6 Å². The Balaban J connectivity index is 1.31. The van der Waals surface area contributed by atoms with Crippen LogP contribution in [0.3, 0.4) is 0 Å². The fourth-order valence-corrected chi connectivity index (χ4v) is 5.78. The Hall–Kier alpha value is -2.67. The van der Waals surface area contributed by atoms with Crippen LogP contribution in [-0.2, 0) is 11.3 Å². The molecule has 1 saturated heterocycles. The second kappa shape index (κ2) is 10.7. The Labute approximate surface area is 206 Å². The van der Waals surface area contributed by atoms with E-state index >= 15 is 0 Å². The fraction of sp³-hybridized carbons (Fsp3) is 0.481. The average molecular weight is 480 g/mol. The van der Waals surface area contributed by atoms with Crippen LogP contribution in [0.15, 0.2) is 47.6 Å². The molecule has 1 amide bonds. The molecule has 3 aliphatic rings. The average Bonchev–Trinajstić information content (AvgIpc) is 3.39. The number of hydrazone groups is 1. The molecule has 0 unspecified atom stereocenters. The first-order chi connectivity index (χ1) is 16.7. The summed E-state index contributed by atoms with van der Waals surface area (Å²) in [5, 5.41) is 6.38. The molecule has 2 aliphatic heterocycles. The summed E-state index contributed by atoms with van der Waals surface area (Å²) in [6.45, 7) is 2.67. The first kappa shape index (κ1) is 23.1. The van der Waals surface area contributed by atoms with Crippen LogP contribution in [0.5, 0.6) is 11.5 Å². The van der Waals surface area contributed by atoms with E-state index in [1.807, 2.05) is 30.0 Å². The number of rotatable bonds is 7. The predicted molar refractivity (Wildman–Crippen MR) is 138 cm³/mol. The van der Waals surface area contributed by atoms with Crippen LogP contribution in [0.25, 0.3) is 0 Å². The lowest BCUT2D eigenvalue weighted by Crippen LogP contribution is -2.32. The first-order valence-electron chi connectivity index (χ1n) is 12.3. The Morgan fingerprint density at radius 1 is 1.00 bits per heavy atom. The number of thioether (sulfide) groups is 1. The highest BCUT2D eigenvalue weighted by molar-refractivity contribution is 7.99. The lowest BCUT2D eigenvalue weighted by atomic mass is 10.0. The Morgan fingerprint density at radius 2 is 1.76 bits per heavy atom. The molecule has 0 atom stereocenters. The summed E-state index contributed by atoms with van der Waals surface area (Å²) in [7, 11) is 1.67. The van der Waals surface area contributed by atoms with Gasteiger partial charge in [-0.15, -0.1) is 0 Å². The van der Waals surface area contributed by atoms with Crippen molar-refractivity contribution in [1.29, 1.82) is 0 Å². The second-order valence-electron chi connectivity index (χ2n) is 9.15. The van der Waals surface area contributed by atoms with Crippen molar-refractivity contribution in [3.05, 3.63) is 53.6 Å². The summed E-state index contributed by atoms with van der Waals surface area (Å²) in [5.41, 5.74) is 4.25. The number of ether oxygens (including phenoxy) is 2. The zero-order valence-electron chi connectivity index (χ0n) is 19.9. The van der Waals surface area contributed by atoms with Crippen molar-refractivity contribution < 1.29 is 14.3 Å². The summed E-state index contributed by atoms with van der Waals surface area (Å²) < 4.78 is 11.8. The molecule has 0 bridgehead atoms. The Bertz CT molecular complexity index is 1030. The van der Waals surface area contributed by atoms with Crippen LogP contribution in [0.1, 0.15) is 49.7 Å². The lowest BCUT2D eigenvalue weighted by molar-refractivity contribution is -0.132. The fourth-order valence-electron chi connectivity index (χ4n) is 4.87. The van der Waals surface area contributed by atoms with E-state index in [0.29, 0.717) is 19.4 Å². The van der Waals surface area contributed by atoms with Crippen molar-refractivity contribution >= 4 is 29.1 Å². The maximum absolute atomic E-state index is 12.7. The van der Waals surface area contributed by atoms with Gasteiger partial charge in [0.15, 0.2) is 11.5 Å². The van der Waals surface area contributed by atoms with Gasteiger partial charge in [-0.3, -0.25) is 4.79 Å². The monoisotopic (exact) mass is 479 g/mol. The van der Waals surface area contributed by atoms with Gasteiger partial charge in [-0.2, -0.15) is 16.9 Å². The van der Waals surface area contributed by atoms with Crippen molar-refractivity contribution in [2.45, 2.75) is 51.2 Å². The highest BCUT2D eigenvalue weighted by atomic mass is 32.2. The molecule has 2 heterocycles. The van der Waals surface area contributed by atoms with E-state index in [1.54, 1.807) is 12.1 Å². The Morgan fingerprint density at radius 3 is 2.50 bits per heavy atom. The molecule has 5 rings (SSSR count). The van der Waals surface area contributed by atoms with Crippen molar-refractivity contribution in [2.75, 3.05) is 36.6 Å². The quantitative estimate of drug-likeness (QED) is 0.553. The predicted octanol–water partition coefficient (Wildman–Crippen LogP) is 5.10. The number of nitrogens with zero attached hydrogens (tertiary/aromatic N) is 3. The van der Waals surface area contributed by atoms with E-state index in [4.69, 9.17) is 14.6 Å². The second-order valence-corrected chi connectivity index (χ2v) is 10.4. The zero-order valence-corrected chi connectivity index (χ0v) is 20.7. The van der Waals surface area contributed by atoms with Gasteiger partial charge in [0.25, 0.3) is 0 Å². The molecule has 1 saturated carbocycles. The van der Waals surface area contributed by atoms with Gasteiger partial charge in [-0.1, -0.05) is 12.1 Å². The molecule has 2 aromatic carbocycles. The number of hydrogen-bond donors (Lipinski definition) is 0. The molecule has 6 nitrogen and oxygen atoms in total. The summed E-state index contributed by atoms with van der Waals surface area (Å²) >= 11 is 2.01. The number of amides is 1. The highest BCUT2D eigenvalue weighted by Crippen LogP contribution is 2.33. The summed E-state index contributed by atoms with van der Waals surface area (Å²) in [6, 6.07) is 14.6. The molecule has 0 radical (unpaired) electrons. The minimum atomic E-state index is 0.0665. The van der Waals surface area contributed by atoms with Gasteiger partial charge >= 0.3 is 0 Å². The van der Waals surface area contributed by atoms with Gasteiger partial charge in [0, 0.05) is 48.7 Å². The smallest absolute Gasteiger partial charge is 0.243 e. The number of hydrogen-bond acceptors (Lipinski definition) is 6. The van der Waals surface area contributed by atoms with Crippen LogP contribution in [0.4, 0.5) is 5.69 Å². The maximum atomic E-state index is 12.7. The molecule has 0 aromatic heterocycles. The van der Waals surface area contributed by atoms with Gasteiger partial charge in [0.1, 0.15) is 0 Å². The first-order valence-corrected chi connectivity index (χ1v) is 13.5. The number of benzene rings is 2. The molecule has 34 heavy (non-hydrogen) atoms. The molecular weight excluding hydrogens is 446 g/mol. The van der Waals surface area contributed by atoms with Crippen LogP contribution in [-0.4, -0.2) is 54.4 Å². The number of anilines is 1. The van der Waals surface area contributed by atoms with Crippen LogP contribution >= 0.6 is 11.8 Å². The van der Waals surface area contributed by atoms with Crippen LogP contribution in [0.2, 0.25) is 0 Å². The van der Waals surface area contributed by atoms with Crippen molar-refractivity contribution in [2.24, 2.45) is 5.10 Å². The third-order valence-electron chi connectivity index (χ3n) is 6.84. The molecule has 1 aliphatic carbocycles. The summed E-state index contributed by atoms with van der Waals surface area (Å²) in [5.74, 6) is 3.94. The van der Waals surface area contributed by atoms with E-state index < -0.39 is 0 Å². The third kappa shape index (κ3) is 5.35. The minimum Gasteiger partial charge on any atom is -0.493 e. The summed E-state index contributed by atoms with van der Waals surface area (Å²) in [4.78, 5) is 15.1. The van der Waals surface area contributed by atoms with Crippen molar-refractivity contribution in [3.8, 4) is 11.5 Å². The van der Waals surface area contributed by atoms with Crippen LogP contribution in [0, 0.1) is 0 Å². The van der Waals surface area contributed by atoms with E-state index in [1.165, 1.54) is 30.0 Å². The highest BCUT2D eigenvalue weighted by Gasteiger charge is 2.24. The maximum Gasteiger partial charge on any atom is 0.243 e. The number of carbonyl (C=O) groups excluding carboxylic acids is 1. The zero-order chi connectivity index (χ0) is 23.3. The van der Waals surface area contributed by atoms with E-state index in [9.17, 15) is 4.79 Å². The van der Waals surface area contributed by atoms with Gasteiger partial charge in [0.2, 0.25) is 5.91 Å². The molecule has 2 fully saturated rings. The van der Waals surface area contributed by atoms with Gasteiger partial charge in [0.05, 0.1) is 25.5 Å². The van der Waals surface area contributed by atoms with E-state index in [-0.39, 0.29) is 12.0 Å². The van der Waals surface area contributed by atoms with Crippen molar-refractivity contribution in [1.82, 2.24) is 5.01 Å². The van der Waals surface area contributed by atoms with Gasteiger partial charge in [-0.25, -0.2) is 5.01 Å². The molecule has 0 N–H and O–H groups in total. The standard InChI is InChI=1S/C27H33N3O3S/c1-32-25-12-8-21(18-26(25)33-23-4-2-3-5-23)24-11-13-27(31)30(28-24)19-20-6-9-22(10-7-20)29-14-16-34-17-15-29/h6-10,12,18,23H,2-5,11,13-17,19H2,1H3. The summed E-state index contributed by atoms with van der Waals surface area (Å²) in [6.07, 6.45) is 5.97. The molecule has 2 aromatic rings. The third-order valence-corrected chi connectivity index (χ3v) is 7.79. The van der Waals surface area contributed by atoms with E-state index in [2.05, 4.69) is 29.2 Å². The molecule has 7 heteroatoms. The SMILES string of the molecule is COc1ccc(C2=NN(Cc3ccc(N4CCSCC4)cc3)C(=O)CC2)cc1OC1CCCC1. The minimum absolute atomic E-state index is 0.0665. The molecular formula is C27H33N3O3S. The number of methoxy groups -OCH3 is 1. The van der Waals surface area contributed by atoms with Crippen molar-refractivity contribution in [3.63, 3.8) is 0 Å². The molecule has 0 spiro atoms. The number of carbonyl (C=O) groups is 1. The van der Waals surface area contributed by atoms with E-state index in [0.717, 1.165) is 54.3 Å². The lowest BCUT2D eigenvalue weighted by Gasteiger charge is -2.29. The largest absolute Gasteiger partial charge is 0.493 e. The van der Waals surface area contributed by atoms with Gasteiger partial charge < -0.3 is 14.4 Å². The topological polar surface area (TPSA) is 54.4 Å². The molecule has 180 valence electrons. The van der Waals surface area contributed by atoms with Crippen LogP contribution < -0.4 is 14.4 Å². The normalized spacial score (nSPS) is 19.3.